The molecule has 0 bridgehead atoms. The minimum absolute atomic E-state index is 0.757. The van der Waals surface area contributed by atoms with Gasteiger partial charge in [-0.2, -0.15) is 0 Å². The summed E-state index contributed by atoms with van der Waals surface area (Å²) in [5.41, 5.74) is 8.81. The largest absolute Gasteiger partial charge is 0.497 e. The fourth-order valence-electron chi connectivity index (χ4n) is 1.93. The maximum atomic E-state index is 5.95. The van der Waals surface area contributed by atoms with Crippen molar-refractivity contribution >= 4 is 11.6 Å². The van der Waals surface area contributed by atoms with Crippen molar-refractivity contribution in [1.29, 1.82) is 0 Å². The molecule has 20 heavy (non-hydrogen) atoms. The lowest BCUT2D eigenvalue weighted by Gasteiger charge is -2.08. The minimum atomic E-state index is 0.757. The van der Waals surface area contributed by atoms with E-state index >= 15 is 0 Å². The fourth-order valence-corrected chi connectivity index (χ4v) is 2.15. The van der Waals surface area contributed by atoms with Crippen LogP contribution in [-0.4, -0.2) is 13.7 Å². The normalized spacial score (nSPS) is 10.5. The lowest BCUT2D eigenvalue weighted by atomic mass is 10.1. The smallest absolute Gasteiger partial charge is 0.119 e. The van der Waals surface area contributed by atoms with Gasteiger partial charge in [0, 0.05) is 18.1 Å². The van der Waals surface area contributed by atoms with Crippen molar-refractivity contribution in [3.05, 3.63) is 64.7 Å². The van der Waals surface area contributed by atoms with E-state index in [9.17, 15) is 0 Å². The van der Waals surface area contributed by atoms with Gasteiger partial charge in [0.1, 0.15) is 5.75 Å². The zero-order valence-electron chi connectivity index (χ0n) is 11.5. The van der Waals surface area contributed by atoms with E-state index in [1.54, 1.807) is 7.11 Å². The summed E-state index contributed by atoms with van der Waals surface area (Å²) >= 11 is 5.95. The highest BCUT2D eigenvalue weighted by Gasteiger charge is 1.96. The number of ether oxygens (including phenoxy) is 1. The van der Waals surface area contributed by atoms with Crippen LogP contribution in [0.5, 0.6) is 5.75 Å². The Labute approximate surface area is 124 Å². The van der Waals surface area contributed by atoms with Crippen molar-refractivity contribution in [2.45, 2.75) is 13.0 Å². The monoisotopic (exact) mass is 290 g/mol. The van der Waals surface area contributed by atoms with E-state index in [1.807, 2.05) is 36.4 Å². The second kappa shape index (κ2) is 7.90. The van der Waals surface area contributed by atoms with E-state index in [-0.39, 0.29) is 0 Å². The van der Waals surface area contributed by atoms with Gasteiger partial charge in [0.2, 0.25) is 0 Å². The highest BCUT2D eigenvalue weighted by molar-refractivity contribution is 6.30. The van der Waals surface area contributed by atoms with Gasteiger partial charge in [-0.15, -0.1) is 0 Å². The average molecular weight is 291 g/mol. The molecule has 106 valence electrons. The molecule has 2 N–H and O–H groups in total. The summed E-state index contributed by atoms with van der Waals surface area (Å²) in [7, 11) is 1.68. The number of rotatable bonds is 7. The van der Waals surface area contributed by atoms with Crippen LogP contribution >= 0.6 is 11.6 Å². The van der Waals surface area contributed by atoms with E-state index in [0.29, 0.717) is 0 Å². The van der Waals surface area contributed by atoms with Crippen molar-refractivity contribution in [1.82, 2.24) is 10.9 Å². The first-order valence-corrected chi connectivity index (χ1v) is 6.99. The molecule has 0 amide bonds. The Morgan fingerprint density at radius 2 is 1.80 bits per heavy atom. The molecular formula is C16H19ClN2O. The van der Waals surface area contributed by atoms with Gasteiger partial charge in [-0.1, -0.05) is 35.9 Å². The molecule has 0 radical (unpaired) electrons. The van der Waals surface area contributed by atoms with E-state index in [2.05, 4.69) is 23.0 Å². The molecule has 4 heteroatoms. The summed E-state index contributed by atoms with van der Waals surface area (Å²) in [5.74, 6) is 0.878. The molecule has 0 atom stereocenters. The number of benzene rings is 2. The third kappa shape index (κ3) is 4.85. The van der Waals surface area contributed by atoms with Crippen LogP contribution in [0.3, 0.4) is 0 Å². The third-order valence-electron chi connectivity index (χ3n) is 2.98. The van der Waals surface area contributed by atoms with Crippen LogP contribution < -0.4 is 15.6 Å². The van der Waals surface area contributed by atoms with Gasteiger partial charge in [0.25, 0.3) is 0 Å². The maximum absolute atomic E-state index is 5.95. The summed E-state index contributed by atoms with van der Waals surface area (Å²) in [4.78, 5) is 0. The molecule has 0 aliphatic rings. The Morgan fingerprint density at radius 1 is 1.00 bits per heavy atom. The van der Waals surface area contributed by atoms with E-state index in [1.165, 1.54) is 11.1 Å². The number of methoxy groups -OCH3 is 1. The van der Waals surface area contributed by atoms with Crippen LogP contribution in [0.4, 0.5) is 0 Å². The minimum Gasteiger partial charge on any atom is -0.497 e. The van der Waals surface area contributed by atoms with E-state index in [4.69, 9.17) is 16.3 Å². The van der Waals surface area contributed by atoms with E-state index < -0.39 is 0 Å². The molecular weight excluding hydrogens is 272 g/mol. The average Bonchev–Trinajstić information content (AvgIpc) is 2.47. The van der Waals surface area contributed by atoms with Gasteiger partial charge in [-0.05, 0) is 41.8 Å². The summed E-state index contributed by atoms with van der Waals surface area (Å²) in [5, 5.41) is 0.784. The molecule has 2 rings (SSSR count). The number of hydrazine groups is 1. The predicted molar refractivity (Wildman–Crippen MR) is 83.0 cm³/mol. The number of hydrogen-bond donors (Lipinski definition) is 2. The van der Waals surface area contributed by atoms with Gasteiger partial charge in [-0.25, -0.2) is 0 Å². The molecule has 0 saturated carbocycles. The first-order valence-electron chi connectivity index (χ1n) is 6.61. The highest BCUT2D eigenvalue weighted by Crippen LogP contribution is 2.12. The molecule has 0 unspecified atom stereocenters. The van der Waals surface area contributed by atoms with Crippen LogP contribution in [0.1, 0.15) is 11.1 Å². The van der Waals surface area contributed by atoms with Crippen molar-refractivity contribution in [3.8, 4) is 5.75 Å². The molecule has 0 heterocycles. The molecule has 2 aromatic rings. The predicted octanol–water partition coefficient (Wildman–Crippen LogP) is 3.19. The zero-order valence-corrected chi connectivity index (χ0v) is 12.3. The fraction of sp³-hybridized carbons (Fsp3) is 0.250. The lowest BCUT2D eigenvalue weighted by molar-refractivity contribution is 0.413. The Bertz CT molecular complexity index is 546. The van der Waals surface area contributed by atoms with Gasteiger partial charge < -0.3 is 4.74 Å². The standard InChI is InChI=1S/C16H19ClN2O/c1-20-16-7-3-5-14(11-16)12-19-18-9-8-13-4-2-6-15(17)10-13/h2-7,10-11,18-19H,8-9,12H2,1H3. The first kappa shape index (κ1) is 14.9. The molecule has 0 saturated heterocycles. The van der Waals surface area contributed by atoms with Crippen molar-refractivity contribution in [2.75, 3.05) is 13.7 Å². The maximum Gasteiger partial charge on any atom is 0.119 e. The van der Waals surface area contributed by atoms with E-state index in [0.717, 1.165) is 30.3 Å². The number of nitrogens with one attached hydrogen (secondary N) is 2. The van der Waals surface area contributed by atoms with Crippen LogP contribution in [-0.2, 0) is 13.0 Å². The molecule has 0 aliphatic heterocycles. The molecule has 0 aromatic heterocycles. The van der Waals surface area contributed by atoms with Crippen molar-refractivity contribution < 1.29 is 4.74 Å². The number of hydrogen-bond acceptors (Lipinski definition) is 3. The van der Waals surface area contributed by atoms with Crippen LogP contribution in [0.2, 0.25) is 5.02 Å². The van der Waals surface area contributed by atoms with Crippen molar-refractivity contribution in [3.63, 3.8) is 0 Å². The van der Waals surface area contributed by atoms with Gasteiger partial charge in [0.15, 0.2) is 0 Å². The third-order valence-corrected chi connectivity index (χ3v) is 3.21. The SMILES string of the molecule is COc1cccc(CNNCCc2cccc(Cl)c2)c1. The Morgan fingerprint density at radius 3 is 2.60 bits per heavy atom. The molecule has 0 aliphatic carbocycles. The second-order valence-electron chi connectivity index (χ2n) is 4.51. The van der Waals surface area contributed by atoms with Crippen LogP contribution in [0, 0.1) is 0 Å². The second-order valence-corrected chi connectivity index (χ2v) is 4.95. The quantitative estimate of drug-likeness (QED) is 0.607. The Kier molecular flexibility index (Phi) is 5.87. The van der Waals surface area contributed by atoms with Gasteiger partial charge in [0.05, 0.1) is 7.11 Å². The number of halogens is 1. The van der Waals surface area contributed by atoms with Gasteiger partial charge in [-0.3, -0.25) is 10.9 Å². The highest BCUT2D eigenvalue weighted by atomic mass is 35.5. The lowest BCUT2D eigenvalue weighted by Crippen LogP contribution is -2.32. The van der Waals surface area contributed by atoms with Crippen LogP contribution in [0.15, 0.2) is 48.5 Å². The first-order chi connectivity index (χ1) is 9.78. The summed E-state index contributed by atoms with van der Waals surface area (Å²) < 4.78 is 5.19. The molecule has 3 nitrogen and oxygen atoms in total. The van der Waals surface area contributed by atoms with Crippen LogP contribution in [0.25, 0.3) is 0 Å². The summed E-state index contributed by atoms with van der Waals surface area (Å²) in [6.07, 6.45) is 0.936. The van der Waals surface area contributed by atoms with Crippen molar-refractivity contribution in [2.24, 2.45) is 0 Å². The zero-order chi connectivity index (χ0) is 14.2. The summed E-state index contributed by atoms with van der Waals surface area (Å²) in [6, 6.07) is 15.9. The molecule has 0 spiro atoms. The Hall–Kier alpha value is -1.55. The topological polar surface area (TPSA) is 33.3 Å². The van der Waals surface area contributed by atoms with Gasteiger partial charge >= 0.3 is 0 Å². The molecule has 0 fully saturated rings. The summed E-state index contributed by atoms with van der Waals surface area (Å²) in [6.45, 7) is 1.61. The Balaban J connectivity index is 1.68. The molecule has 2 aromatic carbocycles.